The molecule has 178 valence electrons. The van der Waals surface area contributed by atoms with Crippen molar-refractivity contribution in [3.8, 4) is 0 Å². The van der Waals surface area contributed by atoms with E-state index in [0.29, 0.717) is 10.8 Å². The van der Waals surface area contributed by atoms with Crippen molar-refractivity contribution in [2.75, 3.05) is 6.61 Å². The molecule has 1 saturated heterocycles. The number of esters is 1. The molecule has 1 aromatic heterocycles. The van der Waals surface area contributed by atoms with Crippen molar-refractivity contribution in [3.05, 3.63) is 68.7 Å². The van der Waals surface area contributed by atoms with Gasteiger partial charge in [-0.2, -0.15) is 4.39 Å². The summed E-state index contributed by atoms with van der Waals surface area (Å²) < 4.78 is 29.4. The van der Waals surface area contributed by atoms with Crippen molar-refractivity contribution in [3.63, 3.8) is 0 Å². The summed E-state index contributed by atoms with van der Waals surface area (Å²) in [5.41, 5.74) is -1.56. The Bertz CT molecular complexity index is 1100. The molecule has 5 atom stereocenters. The van der Waals surface area contributed by atoms with Crippen molar-refractivity contribution in [1.29, 1.82) is 0 Å². The molecule has 1 amide bonds. The van der Waals surface area contributed by atoms with E-state index in [-0.39, 0.29) is 6.61 Å². The van der Waals surface area contributed by atoms with Crippen molar-refractivity contribution in [1.82, 2.24) is 14.9 Å². The van der Waals surface area contributed by atoms with Crippen molar-refractivity contribution >= 4 is 12.1 Å². The molecule has 0 aliphatic carbocycles. The largest absolute Gasteiger partial charge is 0.461 e. The van der Waals surface area contributed by atoms with E-state index in [1.54, 1.807) is 29.2 Å². The van der Waals surface area contributed by atoms with Gasteiger partial charge in [-0.1, -0.05) is 30.3 Å². The Morgan fingerprint density at radius 1 is 1.21 bits per heavy atom. The molecule has 33 heavy (non-hydrogen) atoms. The third-order valence-electron chi connectivity index (χ3n) is 4.83. The molecule has 2 aromatic rings. The second kappa shape index (κ2) is 10.4. The first-order chi connectivity index (χ1) is 15.7. The minimum absolute atomic E-state index is 0.000535. The third-order valence-corrected chi connectivity index (χ3v) is 4.83. The highest BCUT2D eigenvalue weighted by Gasteiger charge is 2.45. The lowest BCUT2D eigenvalue weighted by Gasteiger charge is -2.18. The van der Waals surface area contributed by atoms with Crippen LogP contribution in [0.3, 0.4) is 0 Å². The molecule has 0 radical (unpaired) electrons. The summed E-state index contributed by atoms with van der Waals surface area (Å²) in [6.45, 7) is 0.804. The molecule has 3 rings (SSSR count). The van der Waals surface area contributed by atoms with Gasteiger partial charge in [-0.05, 0) is 12.5 Å². The van der Waals surface area contributed by atoms with Crippen LogP contribution < -0.4 is 16.6 Å². The summed E-state index contributed by atoms with van der Waals surface area (Å²) in [6.07, 6.45) is -6.40. The van der Waals surface area contributed by atoms with Crippen LogP contribution in [0.2, 0.25) is 0 Å². The number of amides is 1. The summed E-state index contributed by atoms with van der Waals surface area (Å²) in [5.74, 6) is -2.18. The van der Waals surface area contributed by atoms with Crippen LogP contribution in [0, 0.1) is 5.82 Å². The van der Waals surface area contributed by atoms with Crippen LogP contribution in [-0.4, -0.2) is 62.8 Å². The van der Waals surface area contributed by atoms with E-state index in [9.17, 15) is 33.8 Å². The van der Waals surface area contributed by atoms with Gasteiger partial charge in [0.1, 0.15) is 37.6 Å². The number of aromatic nitrogens is 2. The summed E-state index contributed by atoms with van der Waals surface area (Å²) >= 11 is 0. The zero-order valence-electron chi connectivity index (χ0n) is 17.3. The molecule has 1 aromatic carbocycles. The number of hydrogen-bond acceptors (Lipinski definition) is 9. The zero-order chi connectivity index (χ0) is 24.1. The van der Waals surface area contributed by atoms with E-state index in [0.717, 1.165) is 5.56 Å². The monoisotopic (exact) mass is 467 g/mol. The van der Waals surface area contributed by atoms with E-state index in [1.807, 2.05) is 6.07 Å². The second-order valence-corrected chi connectivity index (χ2v) is 7.25. The van der Waals surface area contributed by atoms with Gasteiger partial charge in [0.25, 0.3) is 5.56 Å². The molecule has 1 aliphatic heterocycles. The lowest BCUT2D eigenvalue weighted by atomic mass is 10.1. The Hall–Kier alpha value is -3.55. The predicted octanol–water partition coefficient (Wildman–Crippen LogP) is -0.847. The van der Waals surface area contributed by atoms with Crippen molar-refractivity contribution in [2.45, 2.75) is 44.1 Å². The van der Waals surface area contributed by atoms with Gasteiger partial charge in [0.15, 0.2) is 6.23 Å². The number of hydrogen-bond donors (Lipinski definition) is 4. The van der Waals surface area contributed by atoms with Crippen LogP contribution in [-0.2, 0) is 25.6 Å². The van der Waals surface area contributed by atoms with Crippen LogP contribution in [0.1, 0.15) is 18.7 Å². The Morgan fingerprint density at radius 2 is 1.91 bits per heavy atom. The normalized spacial score (nSPS) is 23.0. The summed E-state index contributed by atoms with van der Waals surface area (Å²) in [4.78, 5) is 48.7. The number of nitrogens with zero attached hydrogens (tertiary/aromatic N) is 1. The average molecular weight is 467 g/mol. The number of ether oxygens (including phenoxy) is 3. The first-order valence-electron chi connectivity index (χ1n) is 9.83. The van der Waals surface area contributed by atoms with E-state index in [4.69, 9.17) is 14.2 Å². The molecule has 0 bridgehead atoms. The van der Waals surface area contributed by atoms with Crippen LogP contribution in [0.5, 0.6) is 0 Å². The topological polar surface area (TPSA) is 169 Å². The number of halogens is 1. The van der Waals surface area contributed by atoms with Gasteiger partial charge in [0.05, 0.1) is 6.20 Å². The number of rotatable bonds is 7. The third kappa shape index (κ3) is 5.83. The average Bonchev–Trinajstić information content (AvgIpc) is 3.07. The van der Waals surface area contributed by atoms with Crippen LogP contribution in [0.15, 0.2) is 46.1 Å². The van der Waals surface area contributed by atoms with E-state index >= 15 is 0 Å². The Morgan fingerprint density at radius 3 is 2.61 bits per heavy atom. The summed E-state index contributed by atoms with van der Waals surface area (Å²) in [5, 5.41) is 22.6. The van der Waals surface area contributed by atoms with Crippen LogP contribution in [0.25, 0.3) is 0 Å². The van der Waals surface area contributed by atoms with E-state index < -0.39 is 66.3 Å². The molecule has 13 heteroatoms. The highest BCUT2D eigenvalue weighted by molar-refractivity contribution is 5.80. The van der Waals surface area contributed by atoms with E-state index in [2.05, 4.69) is 5.32 Å². The smallest absolute Gasteiger partial charge is 0.408 e. The molecular formula is C20H22FN3O9. The first-order valence-corrected chi connectivity index (χ1v) is 9.83. The fraction of sp³-hybridized carbons (Fsp3) is 0.400. The Balaban J connectivity index is 1.51. The maximum atomic E-state index is 13.5. The van der Waals surface area contributed by atoms with Gasteiger partial charge >= 0.3 is 17.8 Å². The van der Waals surface area contributed by atoms with Gasteiger partial charge in [-0.15, -0.1) is 0 Å². The molecule has 2 unspecified atom stereocenters. The van der Waals surface area contributed by atoms with Gasteiger partial charge in [-0.3, -0.25) is 14.3 Å². The first kappa shape index (κ1) is 24.1. The SMILES string of the molecule is C[C@H](NC(=O)OCc1ccccc1)C(=O)OC[C@@H]1O[C@H](n2cc(F)c(=O)[nH]c2=O)C(O)C1O. The highest BCUT2D eigenvalue weighted by Crippen LogP contribution is 2.28. The Kier molecular flexibility index (Phi) is 7.58. The predicted molar refractivity (Wildman–Crippen MR) is 107 cm³/mol. The number of aliphatic hydroxyl groups excluding tert-OH is 2. The van der Waals surface area contributed by atoms with Gasteiger partial charge in [-0.25, -0.2) is 14.4 Å². The number of H-pyrrole nitrogens is 1. The number of benzene rings is 1. The second-order valence-electron chi connectivity index (χ2n) is 7.25. The number of aliphatic hydroxyl groups is 2. The molecular weight excluding hydrogens is 445 g/mol. The maximum absolute atomic E-state index is 13.5. The molecule has 0 saturated carbocycles. The highest BCUT2D eigenvalue weighted by atomic mass is 19.1. The standard InChI is InChI=1S/C20H22FN3O9/c1-10(22-20(30)32-8-11-5-3-2-4-6-11)18(28)31-9-13-14(25)15(26)17(33-13)24-7-12(21)16(27)23-19(24)29/h2-7,10,13-15,17,25-26H,8-9H2,1H3,(H,22,30)(H,23,27,29)/t10-,13-,14?,15?,17-/m0/s1. The number of carbonyl (C=O) groups excluding carboxylic acids is 2. The summed E-state index contributed by atoms with van der Waals surface area (Å²) in [6, 6.07) is 7.78. The zero-order valence-corrected chi connectivity index (χ0v) is 17.3. The lowest BCUT2D eigenvalue weighted by Crippen LogP contribution is -2.41. The van der Waals surface area contributed by atoms with Crippen molar-refractivity contribution < 1.29 is 38.4 Å². The molecule has 4 N–H and O–H groups in total. The maximum Gasteiger partial charge on any atom is 0.408 e. The van der Waals surface area contributed by atoms with Gasteiger partial charge in [0.2, 0.25) is 5.82 Å². The minimum atomic E-state index is -1.68. The Labute approximate surface area is 185 Å². The number of carbonyl (C=O) groups is 2. The fourth-order valence-corrected chi connectivity index (χ4v) is 3.04. The quantitative estimate of drug-likeness (QED) is 0.379. The molecule has 1 aliphatic rings. The molecule has 2 heterocycles. The van der Waals surface area contributed by atoms with E-state index in [1.165, 1.54) is 6.92 Å². The fourth-order valence-electron chi connectivity index (χ4n) is 3.04. The van der Waals surface area contributed by atoms with Gasteiger partial charge in [0, 0.05) is 0 Å². The lowest BCUT2D eigenvalue weighted by molar-refractivity contribution is -0.152. The van der Waals surface area contributed by atoms with Crippen LogP contribution in [0.4, 0.5) is 9.18 Å². The number of alkyl carbamates (subject to hydrolysis) is 1. The molecule has 0 spiro atoms. The van der Waals surface area contributed by atoms with Crippen molar-refractivity contribution in [2.24, 2.45) is 0 Å². The molecule has 12 nitrogen and oxygen atoms in total. The minimum Gasteiger partial charge on any atom is -0.461 e. The number of aromatic amines is 1. The summed E-state index contributed by atoms with van der Waals surface area (Å²) in [7, 11) is 0. The molecule has 1 fully saturated rings. The number of nitrogens with one attached hydrogen (secondary N) is 2. The van der Waals surface area contributed by atoms with Gasteiger partial charge < -0.3 is 29.7 Å². The van der Waals surface area contributed by atoms with Crippen LogP contribution >= 0.6 is 0 Å².